The number of hydrogen-bond donors (Lipinski definition) is 1. The van der Waals surface area contributed by atoms with Gasteiger partial charge in [0.1, 0.15) is 23.0 Å². The lowest BCUT2D eigenvalue weighted by atomic mass is 10.0. The molecule has 36 heavy (non-hydrogen) atoms. The summed E-state index contributed by atoms with van der Waals surface area (Å²) < 4.78 is 21.9. The molecular formula is C30H34N2O4. The molecule has 1 unspecified atom stereocenters. The number of hydrogen-bond acceptors (Lipinski definition) is 6. The van der Waals surface area contributed by atoms with E-state index in [0.717, 1.165) is 45.5 Å². The summed E-state index contributed by atoms with van der Waals surface area (Å²) in [5.41, 5.74) is 8.94. The Labute approximate surface area is 213 Å². The van der Waals surface area contributed by atoms with Crippen LogP contribution in [0.1, 0.15) is 42.5 Å². The van der Waals surface area contributed by atoms with Crippen LogP contribution in [-0.4, -0.2) is 28.4 Å². The predicted octanol–water partition coefficient (Wildman–Crippen LogP) is 6.51. The average molecular weight is 487 g/mol. The summed E-state index contributed by atoms with van der Waals surface area (Å²) >= 11 is 0. The van der Waals surface area contributed by atoms with Crippen molar-refractivity contribution in [2.75, 3.05) is 33.4 Å². The van der Waals surface area contributed by atoms with E-state index in [1.165, 1.54) is 5.56 Å². The molecule has 0 amide bonds. The van der Waals surface area contributed by atoms with Crippen molar-refractivity contribution in [3.63, 3.8) is 0 Å². The monoisotopic (exact) mass is 486 g/mol. The molecule has 4 rings (SSSR count). The van der Waals surface area contributed by atoms with E-state index in [1.54, 1.807) is 28.4 Å². The van der Waals surface area contributed by atoms with Crippen LogP contribution in [0.5, 0.6) is 23.0 Å². The van der Waals surface area contributed by atoms with Crippen LogP contribution in [0.25, 0.3) is 6.08 Å². The lowest BCUT2D eigenvalue weighted by Gasteiger charge is -2.28. The van der Waals surface area contributed by atoms with Gasteiger partial charge in [-0.25, -0.2) is 0 Å². The maximum atomic E-state index is 5.54. The number of methoxy groups -OCH3 is 4. The van der Waals surface area contributed by atoms with Crippen molar-refractivity contribution in [2.45, 2.75) is 25.8 Å². The first kappa shape index (κ1) is 25.0. The van der Waals surface area contributed by atoms with Crippen molar-refractivity contribution in [1.29, 1.82) is 0 Å². The molecule has 0 saturated heterocycles. The molecule has 1 aliphatic rings. The number of allylic oxidation sites excluding steroid dienone is 1. The molecule has 0 radical (unpaired) electrons. The average Bonchev–Trinajstić information content (AvgIpc) is 3.35. The fraction of sp³-hybridized carbons (Fsp3) is 0.267. The van der Waals surface area contributed by atoms with E-state index in [-0.39, 0.29) is 6.04 Å². The van der Waals surface area contributed by atoms with Crippen LogP contribution in [0, 0.1) is 0 Å². The maximum absolute atomic E-state index is 5.54. The van der Waals surface area contributed by atoms with Crippen LogP contribution < -0.4 is 29.4 Å². The van der Waals surface area contributed by atoms with Crippen molar-refractivity contribution in [2.24, 2.45) is 0 Å². The molecule has 0 saturated carbocycles. The SMILES string of the molecule is COc1cc(C=CC2=CC(c3cc(OC)cc(OC)c3)N(c3ccc(C(C)C)cc3)N2)cc(OC)c1. The van der Waals surface area contributed by atoms with Gasteiger partial charge in [-0.15, -0.1) is 0 Å². The van der Waals surface area contributed by atoms with Crippen LogP contribution >= 0.6 is 0 Å². The highest BCUT2D eigenvalue weighted by molar-refractivity contribution is 5.61. The molecule has 0 bridgehead atoms. The fourth-order valence-electron chi connectivity index (χ4n) is 4.19. The van der Waals surface area contributed by atoms with Gasteiger partial charge in [0.15, 0.2) is 0 Å². The van der Waals surface area contributed by atoms with Gasteiger partial charge in [-0.3, -0.25) is 10.4 Å². The van der Waals surface area contributed by atoms with Crippen LogP contribution in [0.3, 0.4) is 0 Å². The minimum atomic E-state index is -0.0709. The molecule has 1 heterocycles. The molecule has 0 fully saturated rings. The lowest BCUT2D eigenvalue weighted by Crippen LogP contribution is -2.34. The van der Waals surface area contributed by atoms with Crippen molar-refractivity contribution < 1.29 is 18.9 Å². The summed E-state index contributed by atoms with van der Waals surface area (Å²) in [7, 11) is 6.64. The van der Waals surface area contributed by atoms with Gasteiger partial charge in [0.25, 0.3) is 0 Å². The van der Waals surface area contributed by atoms with Crippen LogP contribution in [0.2, 0.25) is 0 Å². The van der Waals surface area contributed by atoms with Crippen molar-refractivity contribution >= 4 is 11.8 Å². The Morgan fingerprint density at radius 2 is 1.25 bits per heavy atom. The second-order valence-corrected chi connectivity index (χ2v) is 8.92. The molecule has 0 spiro atoms. The van der Waals surface area contributed by atoms with Crippen molar-refractivity contribution in [3.05, 3.63) is 95.2 Å². The Kier molecular flexibility index (Phi) is 7.74. The molecule has 188 valence electrons. The zero-order chi connectivity index (χ0) is 25.7. The Hall–Kier alpha value is -4.06. The number of anilines is 1. The Morgan fingerprint density at radius 3 is 1.75 bits per heavy atom. The van der Waals surface area contributed by atoms with Gasteiger partial charge in [0.2, 0.25) is 0 Å². The Balaban J connectivity index is 1.70. The molecule has 6 heteroatoms. The molecule has 3 aromatic carbocycles. The second kappa shape index (κ2) is 11.1. The standard InChI is InChI=1S/C30H34N2O4/c1-20(2)22-8-11-25(12-9-22)32-30(23-15-28(35-5)19-29(16-23)36-6)17-24(31-32)10-7-21-13-26(33-3)18-27(14-21)34-4/h7-20,30-31H,1-6H3. The topological polar surface area (TPSA) is 52.2 Å². The van der Waals surface area contributed by atoms with Gasteiger partial charge in [-0.05, 0) is 71.2 Å². The van der Waals surface area contributed by atoms with Crippen LogP contribution in [0.4, 0.5) is 5.69 Å². The molecule has 0 aromatic heterocycles. The second-order valence-electron chi connectivity index (χ2n) is 8.92. The first-order chi connectivity index (χ1) is 17.4. The summed E-state index contributed by atoms with van der Waals surface area (Å²) in [6.07, 6.45) is 6.29. The molecule has 1 atom stereocenters. The fourth-order valence-corrected chi connectivity index (χ4v) is 4.19. The molecule has 6 nitrogen and oxygen atoms in total. The number of rotatable bonds is 9. The summed E-state index contributed by atoms with van der Waals surface area (Å²) in [5.74, 6) is 3.47. The maximum Gasteiger partial charge on any atom is 0.123 e. The highest BCUT2D eigenvalue weighted by Gasteiger charge is 2.27. The van der Waals surface area contributed by atoms with Gasteiger partial charge in [-0.1, -0.05) is 32.1 Å². The third kappa shape index (κ3) is 5.60. The van der Waals surface area contributed by atoms with E-state index in [2.05, 4.69) is 60.7 Å². The minimum absolute atomic E-state index is 0.0709. The normalized spacial score (nSPS) is 15.1. The molecule has 0 aliphatic carbocycles. The Bertz CT molecular complexity index is 1200. The third-order valence-electron chi connectivity index (χ3n) is 6.25. The molecule has 1 N–H and O–H groups in total. The van der Waals surface area contributed by atoms with E-state index in [9.17, 15) is 0 Å². The van der Waals surface area contributed by atoms with E-state index >= 15 is 0 Å². The van der Waals surface area contributed by atoms with Gasteiger partial charge < -0.3 is 18.9 Å². The van der Waals surface area contributed by atoms with Gasteiger partial charge in [-0.2, -0.15) is 0 Å². The number of hydrazine groups is 1. The van der Waals surface area contributed by atoms with Crippen molar-refractivity contribution in [3.8, 4) is 23.0 Å². The first-order valence-electron chi connectivity index (χ1n) is 12.0. The zero-order valence-corrected chi connectivity index (χ0v) is 21.7. The van der Waals surface area contributed by atoms with Crippen molar-refractivity contribution in [1.82, 2.24) is 5.43 Å². The Morgan fingerprint density at radius 1 is 0.722 bits per heavy atom. The number of nitrogens with one attached hydrogen (secondary N) is 1. The van der Waals surface area contributed by atoms with Crippen LogP contribution in [0.15, 0.2) is 78.5 Å². The molecule has 1 aliphatic heterocycles. The van der Waals surface area contributed by atoms with Gasteiger partial charge in [0, 0.05) is 12.1 Å². The highest BCUT2D eigenvalue weighted by atomic mass is 16.5. The zero-order valence-electron chi connectivity index (χ0n) is 21.7. The summed E-state index contributed by atoms with van der Waals surface area (Å²) in [6, 6.07) is 20.4. The number of ether oxygens (including phenoxy) is 4. The third-order valence-corrected chi connectivity index (χ3v) is 6.25. The number of benzene rings is 3. The lowest BCUT2D eigenvalue weighted by molar-refractivity contribution is 0.393. The highest BCUT2D eigenvalue weighted by Crippen LogP contribution is 2.36. The number of nitrogens with zero attached hydrogens (tertiary/aromatic N) is 1. The van der Waals surface area contributed by atoms with E-state index in [0.29, 0.717) is 5.92 Å². The summed E-state index contributed by atoms with van der Waals surface area (Å²) in [4.78, 5) is 0. The summed E-state index contributed by atoms with van der Waals surface area (Å²) in [6.45, 7) is 4.40. The van der Waals surface area contributed by atoms with E-state index in [4.69, 9.17) is 18.9 Å². The van der Waals surface area contributed by atoms with Crippen LogP contribution in [-0.2, 0) is 0 Å². The predicted molar refractivity (Wildman–Crippen MR) is 145 cm³/mol. The molecular weight excluding hydrogens is 452 g/mol. The van der Waals surface area contributed by atoms with E-state index in [1.807, 2.05) is 42.5 Å². The summed E-state index contributed by atoms with van der Waals surface area (Å²) in [5, 5.41) is 2.16. The quantitative estimate of drug-likeness (QED) is 0.372. The molecule has 3 aromatic rings. The largest absolute Gasteiger partial charge is 0.497 e. The smallest absolute Gasteiger partial charge is 0.123 e. The first-order valence-corrected chi connectivity index (χ1v) is 12.0. The van der Waals surface area contributed by atoms with E-state index < -0.39 is 0 Å². The van der Waals surface area contributed by atoms with Gasteiger partial charge >= 0.3 is 0 Å². The minimum Gasteiger partial charge on any atom is -0.497 e. The van der Waals surface area contributed by atoms with Gasteiger partial charge in [0.05, 0.1) is 45.9 Å².